The van der Waals surface area contributed by atoms with Crippen molar-refractivity contribution >= 4 is 32.8 Å². The SMILES string of the molecule is CO[C@H]1[C@@H](CS(=O)(=O)c2ccccc2)[C@H](CC=O)O[C@@H]1CC(CO[Si](C)(C)C(C)(C)C)O[Si](C)(C)C(C)(C)C. The van der Waals surface area contributed by atoms with Gasteiger partial charge in [-0.3, -0.25) is 0 Å². The van der Waals surface area contributed by atoms with Gasteiger partial charge in [-0.15, -0.1) is 0 Å². The predicted octanol–water partition coefficient (Wildman–Crippen LogP) is 6.25. The highest BCUT2D eigenvalue weighted by Gasteiger charge is 2.49. The first-order chi connectivity index (χ1) is 17.8. The number of rotatable bonds is 13. The first kappa shape index (κ1) is 34.3. The Morgan fingerprint density at radius 3 is 2.00 bits per heavy atom. The number of aldehydes is 1. The molecule has 1 aliphatic heterocycles. The van der Waals surface area contributed by atoms with Crippen LogP contribution in [0.5, 0.6) is 0 Å². The monoisotopic (exact) mass is 600 g/mol. The van der Waals surface area contributed by atoms with Crippen molar-refractivity contribution < 1.29 is 31.5 Å². The Kier molecular flexibility index (Phi) is 11.4. The van der Waals surface area contributed by atoms with Crippen LogP contribution < -0.4 is 0 Å². The maximum atomic E-state index is 13.3. The lowest BCUT2D eigenvalue weighted by molar-refractivity contribution is -0.111. The smallest absolute Gasteiger partial charge is 0.192 e. The van der Waals surface area contributed by atoms with Crippen molar-refractivity contribution in [2.75, 3.05) is 19.5 Å². The van der Waals surface area contributed by atoms with E-state index in [1.54, 1.807) is 37.4 Å². The lowest BCUT2D eigenvalue weighted by Gasteiger charge is -2.42. The number of hydrogen-bond acceptors (Lipinski definition) is 7. The molecule has 1 aromatic rings. The van der Waals surface area contributed by atoms with Gasteiger partial charge in [0.15, 0.2) is 26.5 Å². The molecule has 1 saturated heterocycles. The van der Waals surface area contributed by atoms with Crippen molar-refractivity contribution in [3.05, 3.63) is 30.3 Å². The van der Waals surface area contributed by atoms with Gasteiger partial charge in [-0.1, -0.05) is 59.7 Å². The van der Waals surface area contributed by atoms with Crippen LogP contribution in [0.4, 0.5) is 0 Å². The number of hydrogen-bond donors (Lipinski definition) is 0. The second-order valence-electron chi connectivity index (χ2n) is 13.9. The van der Waals surface area contributed by atoms with Crippen LogP contribution in [0.15, 0.2) is 35.2 Å². The molecule has 0 saturated carbocycles. The Hall–Kier alpha value is -0.886. The summed E-state index contributed by atoms with van der Waals surface area (Å²) in [5, 5.41) is 0.0607. The van der Waals surface area contributed by atoms with E-state index in [2.05, 4.69) is 67.7 Å². The molecule has 224 valence electrons. The molecule has 1 heterocycles. The summed E-state index contributed by atoms with van der Waals surface area (Å²) in [6.07, 6.45) is -0.307. The lowest BCUT2D eigenvalue weighted by Crippen LogP contribution is -2.49. The quantitative estimate of drug-likeness (QED) is 0.195. The van der Waals surface area contributed by atoms with E-state index in [1.807, 2.05) is 0 Å². The van der Waals surface area contributed by atoms with Crippen LogP contribution in [-0.4, -0.2) is 75.2 Å². The van der Waals surface area contributed by atoms with Crippen LogP contribution >= 0.6 is 0 Å². The molecule has 0 N–H and O–H groups in total. The lowest BCUT2D eigenvalue weighted by atomic mass is 9.94. The van der Waals surface area contributed by atoms with Crippen LogP contribution in [0, 0.1) is 5.92 Å². The summed E-state index contributed by atoms with van der Waals surface area (Å²) in [6.45, 7) is 22.6. The van der Waals surface area contributed by atoms with E-state index in [9.17, 15) is 13.2 Å². The van der Waals surface area contributed by atoms with Crippen molar-refractivity contribution in [2.24, 2.45) is 5.92 Å². The fraction of sp³-hybridized carbons (Fsp3) is 0.759. The summed E-state index contributed by atoms with van der Waals surface area (Å²) in [5.41, 5.74) is 0. The fourth-order valence-corrected chi connectivity index (χ4v) is 8.49. The largest absolute Gasteiger partial charge is 0.414 e. The first-order valence-corrected chi connectivity index (χ1v) is 21.4. The predicted molar refractivity (Wildman–Crippen MR) is 162 cm³/mol. The molecule has 1 aliphatic rings. The minimum absolute atomic E-state index is 0.00572. The topological polar surface area (TPSA) is 88.1 Å². The normalized spacial score (nSPS) is 24.1. The number of carbonyl (C=O) groups is 1. The van der Waals surface area contributed by atoms with Crippen LogP contribution in [-0.2, 0) is 33.0 Å². The molecule has 0 radical (unpaired) electrons. The van der Waals surface area contributed by atoms with E-state index in [0.717, 1.165) is 6.29 Å². The Morgan fingerprint density at radius 1 is 0.949 bits per heavy atom. The summed E-state index contributed by atoms with van der Waals surface area (Å²) in [4.78, 5) is 11.8. The Balaban J connectivity index is 2.35. The highest BCUT2D eigenvalue weighted by atomic mass is 32.2. The van der Waals surface area contributed by atoms with E-state index in [-0.39, 0.29) is 33.2 Å². The molecule has 0 bridgehead atoms. The molecule has 2 rings (SSSR count). The number of methoxy groups -OCH3 is 1. The Bertz CT molecular complexity index is 1030. The highest BCUT2D eigenvalue weighted by Crippen LogP contribution is 2.41. The average Bonchev–Trinajstić information content (AvgIpc) is 3.11. The molecule has 1 unspecified atom stereocenters. The molecule has 1 aromatic carbocycles. The van der Waals surface area contributed by atoms with E-state index in [1.165, 1.54) is 0 Å². The fourth-order valence-electron chi connectivity index (χ4n) is 4.43. The molecule has 39 heavy (non-hydrogen) atoms. The van der Waals surface area contributed by atoms with Crippen LogP contribution in [0.3, 0.4) is 0 Å². The zero-order chi connectivity index (χ0) is 29.9. The third-order valence-corrected chi connectivity index (χ3v) is 19.8. The molecular formula is C29H52O7SSi2. The van der Waals surface area contributed by atoms with Crippen molar-refractivity contribution in [1.29, 1.82) is 0 Å². The summed E-state index contributed by atoms with van der Waals surface area (Å²) in [6, 6.07) is 8.40. The summed E-state index contributed by atoms with van der Waals surface area (Å²) >= 11 is 0. The minimum Gasteiger partial charge on any atom is -0.414 e. The van der Waals surface area contributed by atoms with Gasteiger partial charge in [0.2, 0.25) is 0 Å². The van der Waals surface area contributed by atoms with Gasteiger partial charge in [-0.2, -0.15) is 0 Å². The zero-order valence-corrected chi connectivity index (χ0v) is 28.8. The van der Waals surface area contributed by atoms with Gasteiger partial charge in [0.05, 0.1) is 41.7 Å². The molecular weight excluding hydrogens is 549 g/mol. The van der Waals surface area contributed by atoms with E-state index >= 15 is 0 Å². The number of ether oxygens (including phenoxy) is 2. The molecule has 7 nitrogen and oxygen atoms in total. The molecule has 5 atom stereocenters. The van der Waals surface area contributed by atoms with Gasteiger partial charge in [-0.25, -0.2) is 8.42 Å². The average molecular weight is 601 g/mol. The van der Waals surface area contributed by atoms with E-state index in [0.29, 0.717) is 13.0 Å². The minimum atomic E-state index is -3.60. The maximum absolute atomic E-state index is 13.3. The molecule has 1 fully saturated rings. The van der Waals surface area contributed by atoms with Crippen molar-refractivity contribution in [1.82, 2.24) is 0 Å². The Labute approximate surface area is 239 Å². The van der Waals surface area contributed by atoms with Gasteiger partial charge in [-0.05, 0) is 48.4 Å². The molecule has 0 aromatic heterocycles. The van der Waals surface area contributed by atoms with Gasteiger partial charge in [0, 0.05) is 25.9 Å². The van der Waals surface area contributed by atoms with Crippen LogP contribution in [0.2, 0.25) is 36.3 Å². The van der Waals surface area contributed by atoms with E-state index in [4.69, 9.17) is 18.3 Å². The maximum Gasteiger partial charge on any atom is 0.192 e. The van der Waals surface area contributed by atoms with Gasteiger partial charge < -0.3 is 23.1 Å². The molecule has 0 amide bonds. The van der Waals surface area contributed by atoms with Crippen molar-refractivity contribution in [2.45, 2.75) is 120 Å². The summed E-state index contributed by atoms with van der Waals surface area (Å²) in [7, 11) is -6.22. The van der Waals surface area contributed by atoms with Crippen molar-refractivity contribution in [3.63, 3.8) is 0 Å². The number of carbonyl (C=O) groups excluding carboxylic acids is 1. The highest BCUT2D eigenvalue weighted by molar-refractivity contribution is 7.91. The second-order valence-corrected chi connectivity index (χ2v) is 25.5. The molecule has 10 heteroatoms. The summed E-state index contributed by atoms with van der Waals surface area (Å²) < 4.78 is 52.4. The molecule has 0 spiro atoms. The zero-order valence-electron chi connectivity index (χ0n) is 25.9. The van der Waals surface area contributed by atoms with Crippen LogP contribution in [0.25, 0.3) is 0 Å². The van der Waals surface area contributed by atoms with Crippen LogP contribution in [0.1, 0.15) is 54.4 Å². The first-order valence-electron chi connectivity index (χ1n) is 14.0. The van der Waals surface area contributed by atoms with Crippen molar-refractivity contribution in [3.8, 4) is 0 Å². The molecule has 0 aliphatic carbocycles. The van der Waals surface area contributed by atoms with E-state index < -0.39 is 50.7 Å². The van der Waals surface area contributed by atoms with Gasteiger partial charge in [0.1, 0.15) is 6.29 Å². The number of benzene rings is 1. The number of sulfone groups is 1. The third-order valence-electron chi connectivity index (χ3n) is 8.93. The third kappa shape index (κ3) is 8.80. The Morgan fingerprint density at radius 2 is 1.51 bits per heavy atom. The standard InChI is InChI=1S/C29H52O7SSi2/c1-28(2,3)38(8,9)34-20-22(36-39(10,11)29(4,5)6)19-26-27(33-7)24(25(35-26)17-18-30)21-37(31,32)23-15-13-12-14-16-23/h12-16,18,22,24-27H,17,19-21H2,1-11H3/t22?,24-,25-,26+,27-/m0/s1. The van der Waals surface area contributed by atoms with Gasteiger partial charge >= 0.3 is 0 Å². The summed E-state index contributed by atoms with van der Waals surface area (Å²) in [5.74, 6) is -0.635. The second kappa shape index (κ2) is 13.0. The van der Waals surface area contributed by atoms with Gasteiger partial charge in [0.25, 0.3) is 0 Å².